The minimum absolute atomic E-state index is 0.459. The second kappa shape index (κ2) is 6.61. The second-order valence-corrected chi connectivity index (χ2v) is 5.92. The molecule has 1 unspecified atom stereocenters. The average Bonchev–Trinajstić information content (AvgIpc) is 2.42. The molecule has 0 bridgehead atoms. The molecule has 0 radical (unpaired) electrons. The van der Waals surface area contributed by atoms with Gasteiger partial charge in [-0.1, -0.05) is 39.7 Å². The van der Waals surface area contributed by atoms with Crippen LogP contribution in [0.5, 0.6) is 5.75 Å². The molecule has 0 aliphatic heterocycles. The summed E-state index contributed by atoms with van der Waals surface area (Å²) in [5.74, 6) is 0.737. The summed E-state index contributed by atoms with van der Waals surface area (Å²) < 4.78 is 6.30. The maximum Gasteiger partial charge on any atom is 0.122 e. The van der Waals surface area contributed by atoms with Gasteiger partial charge in [-0.25, -0.2) is 0 Å². The molecule has 0 aromatic heterocycles. The average molecular weight is 356 g/mol. The third-order valence-corrected chi connectivity index (χ3v) is 4.42. The van der Waals surface area contributed by atoms with Gasteiger partial charge in [-0.15, -0.1) is 0 Å². The highest BCUT2D eigenvalue weighted by Gasteiger charge is 2.15. The number of rotatable bonds is 4. The number of aliphatic hydroxyl groups is 1. The van der Waals surface area contributed by atoms with E-state index in [1.165, 1.54) is 0 Å². The number of methoxy groups -OCH3 is 1. The van der Waals surface area contributed by atoms with E-state index < -0.39 is 6.10 Å². The summed E-state index contributed by atoms with van der Waals surface area (Å²) in [6.07, 6.45) is -0.138. The van der Waals surface area contributed by atoms with E-state index in [0.717, 1.165) is 26.9 Å². The van der Waals surface area contributed by atoms with Crippen LogP contribution in [0.25, 0.3) is 0 Å². The van der Waals surface area contributed by atoms with Crippen molar-refractivity contribution in [3.8, 4) is 5.75 Å². The predicted molar refractivity (Wildman–Crippen MR) is 85.5 cm³/mol. The van der Waals surface area contributed by atoms with Crippen LogP contribution in [-0.4, -0.2) is 12.2 Å². The maximum atomic E-state index is 10.5. The highest BCUT2D eigenvalue weighted by molar-refractivity contribution is 9.10. The third-order valence-electron chi connectivity index (χ3n) is 3.32. The van der Waals surface area contributed by atoms with Gasteiger partial charge in [0.05, 0.1) is 13.2 Å². The van der Waals surface area contributed by atoms with Crippen molar-refractivity contribution >= 4 is 27.5 Å². The van der Waals surface area contributed by atoms with E-state index in [0.29, 0.717) is 11.4 Å². The zero-order chi connectivity index (χ0) is 14.7. The Kier molecular flexibility index (Phi) is 5.08. The quantitative estimate of drug-likeness (QED) is 0.861. The van der Waals surface area contributed by atoms with Gasteiger partial charge in [-0.2, -0.15) is 0 Å². The first-order valence-corrected chi connectivity index (χ1v) is 7.45. The summed E-state index contributed by atoms with van der Waals surface area (Å²) >= 11 is 9.50. The number of aliphatic hydroxyl groups excluding tert-OH is 1. The van der Waals surface area contributed by atoms with E-state index >= 15 is 0 Å². The van der Waals surface area contributed by atoms with Gasteiger partial charge in [0.25, 0.3) is 0 Å². The van der Waals surface area contributed by atoms with Gasteiger partial charge in [-0.3, -0.25) is 0 Å². The van der Waals surface area contributed by atoms with E-state index in [1.54, 1.807) is 13.2 Å². The maximum absolute atomic E-state index is 10.5. The zero-order valence-electron chi connectivity index (χ0n) is 11.4. The summed E-state index contributed by atoms with van der Waals surface area (Å²) in [5, 5.41) is 11.1. The third kappa shape index (κ3) is 3.35. The Bertz CT molecular complexity index is 613. The van der Waals surface area contributed by atoms with Crippen molar-refractivity contribution in [1.29, 1.82) is 0 Å². The number of hydrogen-bond acceptors (Lipinski definition) is 2. The minimum atomic E-state index is -0.597. The lowest BCUT2D eigenvalue weighted by Crippen LogP contribution is -2.05. The van der Waals surface area contributed by atoms with Crippen molar-refractivity contribution < 1.29 is 9.84 Å². The number of benzene rings is 2. The molecule has 0 saturated carbocycles. The van der Waals surface area contributed by atoms with E-state index in [9.17, 15) is 5.11 Å². The Morgan fingerprint density at radius 1 is 1.30 bits per heavy atom. The molecule has 2 aromatic carbocycles. The lowest BCUT2D eigenvalue weighted by atomic mass is 9.97. The monoisotopic (exact) mass is 354 g/mol. The molecule has 2 rings (SSSR count). The van der Waals surface area contributed by atoms with Crippen molar-refractivity contribution in [2.45, 2.75) is 19.4 Å². The van der Waals surface area contributed by atoms with Crippen LogP contribution in [0.3, 0.4) is 0 Å². The van der Waals surface area contributed by atoms with Crippen molar-refractivity contribution in [2.24, 2.45) is 0 Å². The van der Waals surface area contributed by atoms with Gasteiger partial charge in [0, 0.05) is 15.9 Å². The molecule has 0 heterocycles. The topological polar surface area (TPSA) is 29.5 Å². The van der Waals surface area contributed by atoms with Gasteiger partial charge in [-0.05, 0) is 47.9 Å². The van der Waals surface area contributed by atoms with E-state index in [1.807, 2.05) is 37.3 Å². The predicted octanol–water partition coefficient (Wildman–Crippen LogP) is 4.70. The van der Waals surface area contributed by atoms with Crippen LogP contribution >= 0.6 is 27.5 Å². The molecule has 0 saturated heterocycles. The Morgan fingerprint density at radius 3 is 2.75 bits per heavy atom. The first-order valence-electron chi connectivity index (χ1n) is 6.28. The number of ether oxygens (including phenoxy) is 1. The van der Waals surface area contributed by atoms with Crippen LogP contribution < -0.4 is 4.74 Å². The standard InChI is InChI=1S/C16H16BrClO2/c1-10-13(4-3-5-14(10)17)15(19)9-11-8-12(18)6-7-16(11)20-2/h3-8,15,19H,9H2,1-2H3. The van der Waals surface area contributed by atoms with Crippen molar-refractivity contribution in [2.75, 3.05) is 7.11 Å². The van der Waals surface area contributed by atoms with Crippen LogP contribution in [0.2, 0.25) is 5.02 Å². The molecule has 0 aliphatic carbocycles. The highest BCUT2D eigenvalue weighted by atomic mass is 79.9. The normalized spacial score (nSPS) is 12.2. The fraction of sp³-hybridized carbons (Fsp3) is 0.250. The molecule has 0 amide bonds. The molecule has 4 heteroatoms. The fourth-order valence-electron chi connectivity index (χ4n) is 2.21. The fourth-order valence-corrected chi connectivity index (χ4v) is 2.79. The molecule has 2 nitrogen and oxygen atoms in total. The van der Waals surface area contributed by atoms with Gasteiger partial charge in [0.2, 0.25) is 0 Å². The molecular weight excluding hydrogens is 340 g/mol. The molecule has 0 spiro atoms. The molecule has 2 aromatic rings. The molecule has 20 heavy (non-hydrogen) atoms. The van der Waals surface area contributed by atoms with Crippen LogP contribution in [0.15, 0.2) is 40.9 Å². The largest absolute Gasteiger partial charge is 0.496 e. The number of hydrogen-bond donors (Lipinski definition) is 1. The lowest BCUT2D eigenvalue weighted by molar-refractivity contribution is 0.176. The van der Waals surface area contributed by atoms with Crippen molar-refractivity contribution in [3.63, 3.8) is 0 Å². The Morgan fingerprint density at radius 2 is 2.05 bits per heavy atom. The Balaban J connectivity index is 2.30. The van der Waals surface area contributed by atoms with E-state index in [2.05, 4.69) is 15.9 Å². The first kappa shape index (κ1) is 15.4. The molecule has 0 fully saturated rings. The second-order valence-electron chi connectivity index (χ2n) is 4.63. The van der Waals surface area contributed by atoms with Crippen LogP contribution in [0.1, 0.15) is 22.8 Å². The first-order chi connectivity index (χ1) is 9.52. The van der Waals surface area contributed by atoms with E-state index in [4.69, 9.17) is 16.3 Å². The smallest absolute Gasteiger partial charge is 0.122 e. The summed E-state index contributed by atoms with van der Waals surface area (Å²) in [4.78, 5) is 0. The van der Waals surface area contributed by atoms with Gasteiger partial charge in [0.15, 0.2) is 0 Å². The van der Waals surface area contributed by atoms with Gasteiger partial charge in [0.1, 0.15) is 5.75 Å². The SMILES string of the molecule is COc1ccc(Cl)cc1CC(O)c1cccc(Br)c1C. The summed E-state index contributed by atoms with van der Waals surface area (Å²) in [7, 11) is 1.61. The molecule has 0 aliphatic rings. The molecule has 1 N–H and O–H groups in total. The Hall–Kier alpha value is -1.03. The summed E-state index contributed by atoms with van der Waals surface area (Å²) in [6.45, 7) is 1.98. The van der Waals surface area contributed by atoms with Crippen molar-refractivity contribution in [3.05, 3.63) is 62.6 Å². The molecule has 1 atom stereocenters. The highest BCUT2D eigenvalue weighted by Crippen LogP contribution is 2.30. The van der Waals surface area contributed by atoms with Crippen LogP contribution in [0.4, 0.5) is 0 Å². The summed E-state index contributed by atoms with van der Waals surface area (Å²) in [6, 6.07) is 11.2. The van der Waals surface area contributed by atoms with Crippen LogP contribution in [-0.2, 0) is 6.42 Å². The number of halogens is 2. The van der Waals surface area contributed by atoms with Crippen LogP contribution in [0, 0.1) is 6.92 Å². The van der Waals surface area contributed by atoms with Gasteiger partial charge >= 0.3 is 0 Å². The van der Waals surface area contributed by atoms with Gasteiger partial charge < -0.3 is 9.84 Å². The molecular formula is C16H16BrClO2. The minimum Gasteiger partial charge on any atom is -0.496 e. The summed E-state index contributed by atoms with van der Waals surface area (Å²) in [5.41, 5.74) is 2.84. The Labute approximate surface area is 132 Å². The zero-order valence-corrected chi connectivity index (χ0v) is 13.7. The van der Waals surface area contributed by atoms with Crippen molar-refractivity contribution in [1.82, 2.24) is 0 Å². The van der Waals surface area contributed by atoms with E-state index in [-0.39, 0.29) is 0 Å². The molecule has 106 valence electrons. The lowest BCUT2D eigenvalue weighted by Gasteiger charge is -2.16.